The normalized spacial score (nSPS) is 28.8. The number of aliphatic hydroxyl groups is 6. The quantitative estimate of drug-likeness (QED) is 0.0437. The van der Waals surface area contributed by atoms with E-state index in [9.17, 15) is 65.4 Å². The van der Waals surface area contributed by atoms with Crippen LogP contribution in [0.1, 0.15) is 29.2 Å². The molecule has 11 N–H and O–H groups in total. The fourth-order valence-corrected chi connectivity index (χ4v) is 6.22. The molecule has 0 bridgehead atoms. The van der Waals surface area contributed by atoms with Crippen LogP contribution in [0.15, 0.2) is 66.4 Å². The lowest BCUT2D eigenvalue weighted by atomic mass is 9.98. The monoisotopic (exact) mass is 844 g/mol. The molecule has 3 aliphatic heterocycles. The number of phenolic OH excluding ortho intramolecular Hbond substituents is 4. The van der Waals surface area contributed by atoms with Crippen LogP contribution in [0.2, 0.25) is 0 Å². The minimum absolute atomic E-state index is 0.0293. The van der Waals surface area contributed by atoms with E-state index in [1.54, 1.807) is 0 Å². The van der Waals surface area contributed by atoms with Gasteiger partial charge in [0.15, 0.2) is 17.6 Å². The predicted molar refractivity (Wildman–Crippen MR) is 196 cm³/mol. The number of carboxylic acid groups (broad SMARTS) is 1. The van der Waals surface area contributed by atoms with Gasteiger partial charge in [-0.1, -0.05) is 18.2 Å². The number of hydrogen-bond donors (Lipinski definition) is 11. The highest BCUT2D eigenvalue weighted by Gasteiger charge is 2.48. The van der Waals surface area contributed by atoms with Gasteiger partial charge in [0.1, 0.15) is 97.2 Å². The average Bonchev–Trinajstić information content (AvgIpc) is 3.20. The summed E-state index contributed by atoms with van der Waals surface area (Å²) in [6.07, 6.45) is -16.2. The molecule has 3 heterocycles. The zero-order valence-corrected chi connectivity index (χ0v) is 30.9. The van der Waals surface area contributed by atoms with Crippen LogP contribution in [0.25, 0.3) is 12.2 Å². The van der Waals surface area contributed by atoms with Gasteiger partial charge in [0.05, 0.1) is 5.56 Å². The second kappa shape index (κ2) is 18.4. The first-order valence-electron chi connectivity index (χ1n) is 18.0. The number of aliphatic hydroxyl groups excluding tert-OH is 6. The molecule has 21 heteroatoms. The molecule has 1 unspecified atom stereocenters. The standard InChI is InChI=1S/C39H40O21/c40-18-5-3-17(4-6-18)37-25(58-39-36(53)34(51)32(49)27(60-39)15-55-30(47)13-28(44)45)12-20-22(42)10-19(11-24(20)57-37)56-38-35(52)33(50)31(48)26(59-38)14-54-29(46)8-2-16-1-7-21(41)23(43)9-16/h1-12,26-27,31-43,48-53H,13-15H2,(H,44,45)/b8-2+/t26-,27+,31-,32-,33+,34+,35+,36-,37?,38-,39-/m1/s1. The number of hydrogen-bond acceptors (Lipinski definition) is 20. The predicted octanol–water partition coefficient (Wildman–Crippen LogP) is -0.731. The van der Waals surface area contributed by atoms with Gasteiger partial charge in [0.25, 0.3) is 0 Å². The maximum Gasteiger partial charge on any atom is 0.330 e. The van der Waals surface area contributed by atoms with Gasteiger partial charge < -0.3 is 89.3 Å². The molecule has 2 saturated heterocycles. The number of phenols is 4. The highest BCUT2D eigenvalue weighted by molar-refractivity contribution is 5.90. The number of carbonyl (C=O) groups excluding carboxylic acids is 2. The molecule has 3 aromatic carbocycles. The largest absolute Gasteiger partial charge is 0.508 e. The van der Waals surface area contributed by atoms with Crippen LogP contribution in [-0.2, 0) is 38.1 Å². The molecule has 0 spiro atoms. The number of carboxylic acids is 1. The first kappa shape index (κ1) is 43.4. The third kappa shape index (κ3) is 9.98. The van der Waals surface area contributed by atoms with Crippen molar-refractivity contribution < 1.29 is 104 Å². The second-order valence-electron chi connectivity index (χ2n) is 13.7. The molecule has 11 atom stereocenters. The fraction of sp³-hybridized carbons (Fsp3) is 0.359. The third-order valence-electron chi connectivity index (χ3n) is 9.43. The van der Waals surface area contributed by atoms with E-state index >= 15 is 0 Å². The zero-order chi connectivity index (χ0) is 43.4. The summed E-state index contributed by atoms with van der Waals surface area (Å²) in [5.74, 6) is -5.37. The van der Waals surface area contributed by atoms with E-state index in [1.807, 2.05) is 0 Å². The molecule has 3 aliphatic rings. The van der Waals surface area contributed by atoms with Crippen LogP contribution in [0, 0.1) is 0 Å². The maximum absolute atomic E-state index is 12.4. The number of carbonyl (C=O) groups is 3. The van der Waals surface area contributed by atoms with E-state index in [0.717, 1.165) is 12.1 Å². The van der Waals surface area contributed by atoms with Crippen LogP contribution in [0.3, 0.4) is 0 Å². The second-order valence-corrected chi connectivity index (χ2v) is 13.7. The lowest BCUT2D eigenvalue weighted by Gasteiger charge is -2.41. The van der Waals surface area contributed by atoms with Crippen molar-refractivity contribution >= 4 is 30.1 Å². The molecule has 60 heavy (non-hydrogen) atoms. The van der Waals surface area contributed by atoms with Crippen LogP contribution in [0.5, 0.6) is 34.5 Å². The Morgan fingerprint density at radius 1 is 0.667 bits per heavy atom. The molecular weight excluding hydrogens is 804 g/mol. The topological polar surface area (TPSA) is 338 Å². The lowest BCUT2D eigenvalue weighted by molar-refractivity contribution is -0.294. The van der Waals surface area contributed by atoms with Gasteiger partial charge in [-0.3, -0.25) is 9.59 Å². The van der Waals surface area contributed by atoms with E-state index in [1.165, 1.54) is 60.7 Å². The molecular formula is C39H40O21. The first-order chi connectivity index (χ1) is 28.5. The minimum Gasteiger partial charge on any atom is -0.508 e. The zero-order valence-electron chi connectivity index (χ0n) is 30.9. The molecule has 0 saturated carbocycles. The molecule has 322 valence electrons. The van der Waals surface area contributed by atoms with Crippen molar-refractivity contribution in [1.82, 2.24) is 0 Å². The summed E-state index contributed by atoms with van der Waals surface area (Å²) >= 11 is 0. The maximum atomic E-state index is 12.4. The van der Waals surface area contributed by atoms with E-state index in [-0.39, 0.29) is 34.3 Å². The van der Waals surface area contributed by atoms with Crippen LogP contribution in [-0.4, -0.2) is 149 Å². The van der Waals surface area contributed by atoms with Crippen molar-refractivity contribution in [2.75, 3.05) is 13.2 Å². The third-order valence-corrected chi connectivity index (χ3v) is 9.43. The van der Waals surface area contributed by atoms with Gasteiger partial charge in [-0.05, 0) is 42.0 Å². The Morgan fingerprint density at radius 3 is 1.90 bits per heavy atom. The van der Waals surface area contributed by atoms with E-state index in [4.69, 9.17) is 38.3 Å². The Hall–Kier alpha value is -6.17. The molecule has 21 nitrogen and oxygen atoms in total. The number of aliphatic carboxylic acids is 1. The van der Waals surface area contributed by atoms with Crippen molar-refractivity contribution in [3.63, 3.8) is 0 Å². The molecule has 6 rings (SSSR count). The Bertz CT molecular complexity index is 2100. The van der Waals surface area contributed by atoms with Crippen molar-refractivity contribution in [2.24, 2.45) is 0 Å². The Kier molecular flexibility index (Phi) is 13.3. The Balaban J connectivity index is 1.19. The van der Waals surface area contributed by atoms with Crippen LogP contribution < -0.4 is 9.47 Å². The lowest BCUT2D eigenvalue weighted by Crippen LogP contribution is -2.60. The number of esters is 2. The van der Waals surface area contributed by atoms with Crippen molar-refractivity contribution in [1.29, 1.82) is 0 Å². The molecule has 0 radical (unpaired) electrons. The number of fused-ring (bicyclic) bond motifs is 1. The highest BCUT2D eigenvalue weighted by Crippen LogP contribution is 2.45. The van der Waals surface area contributed by atoms with Crippen molar-refractivity contribution in [3.8, 4) is 34.5 Å². The highest BCUT2D eigenvalue weighted by atomic mass is 16.7. The number of ether oxygens (including phenoxy) is 7. The Morgan fingerprint density at radius 2 is 1.28 bits per heavy atom. The summed E-state index contributed by atoms with van der Waals surface area (Å²) in [7, 11) is 0. The van der Waals surface area contributed by atoms with Crippen molar-refractivity contribution in [3.05, 3.63) is 83.1 Å². The van der Waals surface area contributed by atoms with E-state index in [2.05, 4.69) is 0 Å². The minimum atomic E-state index is -1.90. The molecule has 0 aromatic heterocycles. The Labute approximate surface area is 338 Å². The van der Waals surface area contributed by atoms with Gasteiger partial charge in [0.2, 0.25) is 12.6 Å². The smallest absolute Gasteiger partial charge is 0.330 e. The summed E-state index contributed by atoms with van der Waals surface area (Å²) in [5, 5.41) is 113. The summed E-state index contributed by atoms with van der Waals surface area (Å²) in [6.45, 7) is -1.35. The van der Waals surface area contributed by atoms with Gasteiger partial charge in [0, 0.05) is 23.8 Å². The molecule has 0 aliphatic carbocycles. The van der Waals surface area contributed by atoms with E-state index in [0.29, 0.717) is 11.1 Å². The molecule has 0 amide bonds. The average molecular weight is 845 g/mol. The van der Waals surface area contributed by atoms with Crippen LogP contribution >= 0.6 is 0 Å². The van der Waals surface area contributed by atoms with Crippen molar-refractivity contribution in [2.45, 2.75) is 73.9 Å². The summed E-state index contributed by atoms with van der Waals surface area (Å²) in [6, 6.07) is 11.7. The first-order valence-corrected chi connectivity index (χ1v) is 18.0. The number of benzene rings is 3. The van der Waals surface area contributed by atoms with Gasteiger partial charge >= 0.3 is 17.9 Å². The van der Waals surface area contributed by atoms with E-state index < -0.39 is 117 Å². The van der Waals surface area contributed by atoms with Gasteiger partial charge in [-0.25, -0.2) is 4.79 Å². The van der Waals surface area contributed by atoms with Crippen LogP contribution in [0.4, 0.5) is 0 Å². The number of aromatic hydroxyl groups is 4. The van der Waals surface area contributed by atoms with Gasteiger partial charge in [-0.15, -0.1) is 0 Å². The molecule has 2 fully saturated rings. The summed E-state index contributed by atoms with van der Waals surface area (Å²) < 4.78 is 39.2. The fourth-order valence-electron chi connectivity index (χ4n) is 6.22. The molecule has 3 aromatic rings. The summed E-state index contributed by atoms with van der Waals surface area (Å²) in [5.41, 5.74) is 0.647. The number of rotatable bonds is 13. The summed E-state index contributed by atoms with van der Waals surface area (Å²) in [4.78, 5) is 35.0. The van der Waals surface area contributed by atoms with Gasteiger partial charge in [-0.2, -0.15) is 0 Å². The SMILES string of the molecule is O=C(O)CC(=O)OC[C@@H]1O[C@@H](OC2=Cc3c(O)cc(O[C@@H]4O[C@H](COC(=O)/C=C/c5ccc(O)c(O)c5)[C@@H](O)[C@H](O)[C@@H]4O)cc3OC2c2ccc(O)cc2)[C@H](O)[C@@H](O)[C@@H]1O.